The smallest absolute Gasteiger partial charge is 0.269 e. The van der Waals surface area contributed by atoms with Crippen molar-refractivity contribution in [2.24, 2.45) is 0 Å². The number of pyridine rings is 1. The number of carbonyl (C=O) groups is 2. The van der Waals surface area contributed by atoms with Gasteiger partial charge in [0.2, 0.25) is 0 Å². The van der Waals surface area contributed by atoms with Crippen LogP contribution >= 0.6 is 11.3 Å². The van der Waals surface area contributed by atoms with Crippen molar-refractivity contribution in [1.82, 2.24) is 30.8 Å². The molecule has 3 rings (SSSR count). The fourth-order valence-electron chi connectivity index (χ4n) is 1.97. The molecule has 0 aromatic carbocycles. The van der Waals surface area contributed by atoms with Gasteiger partial charge in [-0.1, -0.05) is 6.07 Å². The predicted molar refractivity (Wildman–Crippen MR) is 88.6 cm³/mol. The fourth-order valence-corrected chi connectivity index (χ4v) is 2.50. The molecule has 24 heavy (non-hydrogen) atoms. The number of thiazole rings is 1. The first kappa shape index (κ1) is 15.8. The number of nitrogens with zero attached hydrogens (tertiary/aromatic N) is 3. The molecule has 122 valence electrons. The average Bonchev–Trinajstić information content (AvgIpc) is 3.32. The number of amides is 2. The topological polar surface area (TPSA) is 113 Å². The molecular formula is C15H14N6O2S. The third kappa shape index (κ3) is 3.82. The Morgan fingerprint density at radius 2 is 1.88 bits per heavy atom. The summed E-state index contributed by atoms with van der Waals surface area (Å²) in [4.78, 5) is 32.2. The highest BCUT2D eigenvalue weighted by atomic mass is 32.1. The van der Waals surface area contributed by atoms with E-state index < -0.39 is 0 Å². The number of hydrogen-bond donors (Lipinski definition) is 3. The summed E-state index contributed by atoms with van der Waals surface area (Å²) >= 11 is 1.27. The Hall–Kier alpha value is -3.07. The third-order valence-electron chi connectivity index (χ3n) is 3.18. The van der Waals surface area contributed by atoms with E-state index in [2.05, 4.69) is 30.8 Å². The van der Waals surface area contributed by atoms with Crippen LogP contribution in [0.5, 0.6) is 0 Å². The molecule has 0 spiro atoms. The van der Waals surface area contributed by atoms with Crippen molar-refractivity contribution in [3.8, 4) is 11.1 Å². The van der Waals surface area contributed by atoms with Gasteiger partial charge in [0.05, 0.1) is 17.9 Å². The first-order valence-corrected chi connectivity index (χ1v) is 8.02. The lowest BCUT2D eigenvalue weighted by Crippen LogP contribution is -2.34. The number of nitrogens with one attached hydrogen (secondary N) is 3. The van der Waals surface area contributed by atoms with Gasteiger partial charge < -0.3 is 10.6 Å². The first-order valence-electron chi connectivity index (χ1n) is 7.14. The monoisotopic (exact) mass is 342 g/mol. The lowest BCUT2D eigenvalue weighted by molar-refractivity contribution is 0.0927. The summed E-state index contributed by atoms with van der Waals surface area (Å²) in [5, 5.41) is 12.0. The number of aromatic amines is 1. The Bertz CT molecular complexity index is 799. The molecule has 2 amide bonds. The highest BCUT2D eigenvalue weighted by Gasteiger charge is 2.09. The van der Waals surface area contributed by atoms with Gasteiger partial charge in [-0.25, -0.2) is 0 Å². The van der Waals surface area contributed by atoms with Gasteiger partial charge >= 0.3 is 0 Å². The van der Waals surface area contributed by atoms with Crippen LogP contribution in [0.25, 0.3) is 11.1 Å². The zero-order valence-corrected chi connectivity index (χ0v) is 13.3. The second kappa shape index (κ2) is 7.47. The second-order valence-electron chi connectivity index (χ2n) is 4.80. The van der Waals surface area contributed by atoms with Crippen molar-refractivity contribution in [3.63, 3.8) is 0 Å². The predicted octanol–water partition coefficient (Wildman–Crippen LogP) is 1.09. The Labute approximate surface area is 141 Å². The summed E-state index contributed by atoms with van der Waals surface area (Å²) in [6.07, 6.45) is 6.56. The molecule has 9 heteroatoms. The molecule has 8 nitrogen and oxygen atoms in total. The number of hydrogen-bond acceptors (Lipinski definition) is 6. The number of carbonyl (C=O) groups excluding carboxylic acids is 2. The maximum absolute atomic E-state index is 12.0. The van der Waals surface area contributed by atoms with Crippen molar-refractivity contribution in [3.05, 3.63) is 53.0 Å². The van der Waals surface area contributed by atoms with Gasteiger partial charge in [-0.05, 0) is 6.07 Å². The SMILES string of the molecule is O=C(NCCNC(=O)c1cncs1)c1ccc(-c2cn[nH]c2)cn1. The standard InChI is InChI=1S/C15H14N6O2S/c22-14(17-3-4-18-15(23)13-8-16-9-24-13)12-2-1-10(5-19-12)11-6-20-21-7-11/h1-2,5-9H,3-4H2,(H,17,22)(H,18,23)(H,20,21). The lowest BCUT2D eigenvalue weighted by atomic mass is 10.1. The molecule has 0 aliphatic heterocycles. The molecular weight excluding hydrogens is 328 g/mol. The maximum atomic E-state index is 12.0. The Kier molecular flexibility index (Phi) is 4.92. The van der Waals surface area contributed by atoms with Gasteiger partial charge in [0.15, 0.2) is 0 Å². The molecule has 0 saturated heterocycles. The van der Waals surface area contributed by atoms with Gasteiger partial charge in [-0.2, -0.15) is 5.10 Å². The summed E-state index contributed by atoms with van der Waals surface area (Å²) in [5.41, 5.74) is 3.68. The summed E-state index contributed by atoms with van der Waals surface area (Å²) in [7, 11) is 0. The minimum Gasteiger partial charge on any atom is -0.350 e. The summed E-state index contributed by atoms with van der Waals surface area (Å²) in [6.45, 7) is 0.643. The van der Waals surface area contributed by atoms with E-state index >= 15 is 0 Å². The molecule has 0 aliphatic carbocycles. The van der Waals surface area contributed by atoms with Crippen LogP contribution in [0.1, 0.15) is 20.2 Å². The normalized spacial score (nSPS) is 10.3. The van der Waals surface area contributed by atoms with Crippen LogP contribution in [0.2, 0.25) is 0 Å². The molecule has 0 radical (unpaired) electrons. The highest BCUT2D eigenvalue weighted by molar-refractivity contribution is 7.11. The quantitative estimate of drug-likeness (QED) is 0.580. The van der Waals surface area contributed by atoms with E-state index in [0.29, 0.717) is 23.7 Å². The fraction of sp³-hybridized carbons (Fsp3) is 0.133. The van der Waals surface area contributed by atoms with Crippen LogP contribution in [0.4, 0.5) is 0 Å². The second-order valence-corrected chi connectivity index (χ2v) is 5.68. The van der Waals surface area contributed by atoms with Crippen LogP contribution in [0.3, 0.4) is 0 Å². The molecule has 0 saturated carbocycles. The molecule has 0 bridgehead atoms. The Balaban J connectivity index is 1.46. The van der Waals surface area contributed by atoms with E-state index in [9.17, 15) is 9.59 Å². The molecule has 3 aromatic heterocycles. The van der Waals surface area contributed by atoms with Gasteiger partial charge in [-0.3, -0.25) is 24.7 Å². The molecule has 0 aliphatic rings. The minimum absolute atomic E-state index is 0.200. The van der Waals surface area contributed by atoms with Crippen molar-refractivity contribution < 1.29 is 9.59 Å². The molecule has 0 unspecified atom stereocenters. The summed E-state index contributed by atoms with van der Waals surface area (Å²) < 4.78 is 0. The van der Waals surface area contributed by atoms with E-state index in [0.717, 1.165) is 11.1 Å². The van der Waals surface area contributed by atoms with Gasteiger partial charge in [0, 0.05) is 36.6 Å². The number of rotatable bonds is 6. The maximum Gasteiger partial charge on any atom is 0.269 e. The summed E-state index contributed by atoms with van der Waals surface area (Å²) in [6, 6.07) is 3.45. The largest absolute Gasteiger partial charge is 0.350 e. The van der Waals surface area contributed by atoms with Crippen LogP contribution in [0.15, 0.2) is 42.4 Å². The number of H-pyrrole nitrogens is 1. The van der Waals surface area contributed by atoms with E-state index in [1.54, 1.807) is 36.2 Å². The average molecular weight is 342 g/mol. The summed E-state index contributed by atoms with van der Waals surface area (Å²) in [5.74, 6) is -0.491. The minimum atomic E-state index is -0.291. The highest BCUT2D eigenvalue weighted by Crippen LogP contribution is 2.16. The van der Waals surface area contributed by atoms with Crippen LogP contribution in [-0.2, 0) is 0 Å². The van der Waals surface area contributed by atoms with Gasteiger partial charge in [-0.15, -0.1) is 11.3 Å². The molecule has 0 atom stereocenters. The van der Waals surface area contributed by atoms with Crippen LogP contribution in [-0.4, -0.2) is 45.1 Å². The van der Waals surface area contributed by atoms with Gasteiger partial charge in [0.25, 0.3) is 11.8 Å². The molecule has 3 heterocycles. The Morgan fingerprint density at radius 1 is 1.04 bits per heavy atom. The van der Waals surface area contributed by atoms with Crippen molar-refractivity contribution in [2.45, 2.75) is 0 Å². The third-order valence-corrected chi connectivity index (χ3v) is 3.95. The van der Waals surface area contributed by atoms with E-state index in [4.69, 9.17) is 0 Å². The lowest BCUT2D eigenvalue weighted by Gasteiger charge is -2.06. The zero-order chi connectivity index (χ0) is 16.8. The van der Waals surface area contributed by atoms with Crippen molar-refractivity contribution in [1.29, 1.82) is 0 Å². The Morgan fingerprint density at radius 3 is 2.50 bits per heavy atom. The zero-order valence-electron chi connectivity index (χ0n) is 12.5. The van der Waals surface area contributed by atoms with Crippen LogP contribution in [0, 0.1) is 0 Å². The van der Waals surface area contributed by atoms with E-state index in [1.807, 2.05) is 0 Å². The van der Waals surface area contributed by atoms with E-state index in [1.165, 1.54) is 17.5 Å². The van der Waals surface area contributed by atoms with Crippen LogP contribution < -0.4 is 10.6 Å². The van der Waals surface area contributed by atoms with Crippen molar-refractivity contribution in [2.75, 3.05) is 13.1 Å². The molecule has 0 fully saturated rings. The molecule has 3 N–H and O–H groups in total. The first-order chi connectivity index (χ1) is 11.7. The molecule has 3 aromatic rings. The number of aromatic nitrogens is 4. The van der Waals surface area contributed by atoms with Crippen molar-refractivity contribution >= 4 is 23.2 Å². The van der Waals surface area contributed by atoms with Gasteiger partial charge in [0.1, 0.15) is 10.6 Å². The van der Waals surface area contributed by atoms with E-state index in [-0.39, 0.29) is 11.8 Å².